The largest absolute Gasteiger partial charge is 0.0654 e. The zero-order chi connectivity index (χ0) is 24.9. The van der Waals surface area contributed by atoms with Crippen molar-refractivity contribution in [1.29, 1.82) is 0 Å². The fourth-order valence-corrected chi connectivity index (χ4v) is 3.11. The highest BCUT2D eigenvalue weighted by molar-refractivity contribution is 5.21. The Morgan fingerprint density at radius 2 is 0.735 bits per heavy atom. The molecule has 0 bridgehead atoms. The Morgan fingerprint density at radius 3 is 1.03 bits per heavy atom. The van der Waals surface area contributed by atoms with Crippen LogP contribution in [0.5, 0.6) is 0 Å². The van der Waals surface area contributed by atoms with Gasteiger partial charge in [-0.25, -0.2) is 0 Å². The van der Waals surface area contributed by atoms with Crippen molar-refractivity contribution in [3.05, 3.63) is 143 Å². The number of aryl methyl sites for hydroxylation is 5. The van der Waals surface area contributed by atoms with Crippen molar-refractivity contribution in [2.75, 3.05) is 0 Å². The minimum absolute atomic E-state index is 1.25. The molecule has 0 saturated heterocycles. The van der Waals surface area contributed by atoms with Crippen LogP contribution in [0.1, 0.15) is 60.4 Å². The maximum atomic E-state index is 2.26. The third-order valence-corrected chi connectivity index (χ3v) is 5.26. The van der Waals surface area contributed by atoms with Gasteiger partial charge in [-0.2, -0.15) is 0 Å². The number of hydrogen-bond donors (Lipinski definition) is 0. The maximum absolute atomic E-state index is 2.26. The normalized spacial score (nSPS) is 9.32. The van der Waals surface area contributed by atoms with E-state index in [1.807, 2.05) is 54.6 Å². The number of benzene rings is 4. The highest BCUT2D eigenvalue weighted by Crippen LogP contribution is 2.08. The molecule has 180 valence electrons. The van der Waals surface area contributed by atoms with Crippen molar-refractivity contribution >= 4 is 0 Å². The predicted octanol–water partition coefficient (Wildman–Crippen LogP) is 10.1. The second kappa shape index (κ2) is 19.4. The van der Waals surface area contributed by atoms with E-state index in [0.717, 1.165) is 0 Å². The molecule has 0 N–H and O–H groups in total. The zero-order valence-corrected chi connectivity index (χ0v) is 22.0. The van der Waals surface area contributed by atoms with Gasteiger partial charge >= 0.3 is 0 Å². The number of rotatable bonds is 5. The summed E-state index contributed by atoms with van der Waals surface area (Å²) in [5.74, 6) is 0. The smallest absolute Gasteiger partial charge is 0.0279 e. The van der Waals surface area contributed by atoms with E-state index in [2.05, 4.69) is 95.3 Å². The van der Waals surface area contributed by atoms with Crippen molar-refractivity contribution in [2.45, 2.75) is 66.7 Å². The van der Waals surface area contributed by atoms with Crippen LogP contribution >= 0.6 is 0 Å². The number of unbranched alkanes of at least 4 members (excludes halogenated alkanes) is 3. The molecular formula is C34H44. The van der Waals surface area contributed by atoms with Crippen molar-refractivity contribution in [3.63, 3.8) is 0 Å². The van der Waals surface area contributed by atoms with Gasteiger partial charge < -0.3 is 0 Å². The molecule has 0 aliphatic carbocycles. The lowest BCUT2D eigenvalue weighted by Gasteiger charge is -2.01. The summed E-state index contributed by atoms with van der Waals surface area (Å²) in [7, 11) is 0. The van der Waals surface area contributed by atoms with Crippen LogP contribution in [0.3, 0.4) is 0 Å². The zero-order valence-electron chi connectivity index (χ0n) is 22.0. The summed E-state index contributed by atoms with van der Waals surface area (Å²) in [6.45, 7) is 10.6. The first-order chi connectivity index (χ1) is 16.5. The van der Waals surface area contributed by atoms with Crippen molar-refractivity contribution < 1.29 is 0 Å². The van der Waals surface area contributed by atoms with E-state index in [0.29, 0.717) is 0 Å². The van der Waals surface area contributed by atoms with Crippen LogP contribution in [0.15, 0.2) is 115 Å². The molecule has 0 radical (unpaired) electrons. The molecule has 0 aromatic heterocycles. The fourth-order valence-electron chi connectivity index (χ4n) is 3.11. The molecule has 4 aromatic rings. The van der Waals surface area contributed by atoms with Crippen LogP contribution in [-0.2, 0) is 6.42 Å². The minimum Gasteiger partial charge on any atom is -0.0654 e. The van der Waals surface area contributed by atoms with E-state index in [-0.39, 0.29) is 0 Å². The van der Waals surface area contributed by atoms with E-state index >= 15 is 0 Å². The van der Waals surface area contributed by atoms with Crippen molar-refractivity contribution in [1.82, 2.24) is 0 Å². The molecular weight excluding hydrogens is 408 g/mol. The molecule has 0 spiro atoms. The first-order valence-corrected chi connectivity index (χ1v) is 12.6. The second-order valence-corrected chi connectivity index (χ2v) is 8.76. The molecule has 4 rings (SSSR count). The van der Waals surface area contributed by atoms with Crippen LogP contribution in [0.4, 0.5) is 0 Å². The van der Waals surface area contributed by atoms with Gasteiger partial charge in [-0.15, -0.1) is 0 Å². The Kier molecular flexibility index (Phi) is 16.5. The molecule has 4 aromatic carbocycles. The highest BCUT2D eigenvalue weighted by Gasteiger charge is 1.92. The van der Waals surface area contributed by atoms with Crippen LogP contribution in [-0.4, -0.2) is 0 Å². The van der Waals surface area contributed by atoms with E-state index in [4.69, 9.17) is 0 Å². The molecule has 0 amide bonds. The summed E-state index contributed by atoms with van der Waals surface area (Å²) < 4.78 is 0. The first kappa shape index (κ1) is 28.9. The molecule has 0 heteroatoms. The highest BCUT2D eigenvalue weighted by atomic mass is 14.0. The van der Waals surface area contributed by atoms with Crippen LogP contribution < -0.4 is 0 Å². The number of hydrogen-bond acceptors (Lipinski definition) is 0. The van der Waals surface area contributed by atoms with Gasteiger partial charge in [0.25, 0.3) is 0 Å². The molecule has 0 unspecified atom stereocenters. The van der Waals surface area contributed by atoms with Gasteiger partial charge in [0.2, 0.25) is 0 Å². The van der Waals surface area contributed by atoms with E-state index < -0.39 is 0 Å². The van der Waals surface area contributed by atoms with Gasteiger partial charge in [0.05, 0.1) is 0 Å². The lowest BCUT2D eigenvalue weighted by atomic mass is 10.1. The van der Waals surface area contributed by atoms with Crippen molar-refractivity contribution in [2.24, 2.45) is 0 Å². The quantitative estimate of drug-likeness (QED) is 0.264. The molecule has 34 heavy (non-hydrogen) atoms. The third-order valence-electron chi connectivity index (χ3n) is 5.26. The lowest BCUT2D eigenvalue weighted by molar-refractivity contribution is 0.667. The topological polar surface area (TPSA) is 0 Å². The third kappa shape index (κ3) is 16.5. The van der Waals surface area contributed by atoms with Crippen LogP contribution in [0, 0.1) is 27.7 Å². The molecule has 0 heterocycles. The Balaban J connectivity index is 0.000000237. The second-order valence-electron chi connectivity index (χ2n) is 8.76. The average Bonchev–Trinajstić information content (AvgIpc) is 2.86. The maximum Gasteiger partial charge on any atom is -0.0279 e. The predicted molar refractivity (Wildman–Crippen MR) is 153 cm³/mol. The summed E-state index contributed by atoms with van der Waals surface area (Å²) in [6, 6.07) is 39.7. The summed E-state index contributed by atoms with van der Waals surface area (Å²) in [6.07, 6.45) is 6.68. The van der Waals surface area contributed by atoms with E-state index in [1.165, 1.54) is 59.9 Å². The van der Waals surface area contributed by atoms with Crippen LogP contribution in [0.25, 0.3) is 0 Å². The van der Waals surface area contributed by atoms with Gasteiger partial charge in [0.1, 0.15) is 0 Å². The fraction of sp³-hybridized carbons (Fsp3) is 0.294. The molecule has 0 fully saturated rings. The molecule has 0 saturated carbocycles. The van der Waals surface area contributed by atoms with Crippen molar-refractivity contribution in [3.8, 4) is 0 Å². The summed E-state index contributed by atoms with van der Waals surface area (Å²) in [5.41, 5.74) is 6.81. The SMILES string of the molecule is CCCCCCc1ccc(C)cc1.Cc1ccccc1.Cc1ccccc1.Cc1ccccc1. The monoisotopic (exact) mass is 452 g/mol. The standard InChI is InChI=1S/C13H20.3C7H8/c1-3-4-5-6-7-13-10-8-12(2)9-11-13;3*1-7-5-3-2-4-6-7/h8-11H,3-7H2,1-2H3;3*2-6H,1H3. The molecule has 0 aliphatic rings. The molecule has 0 aliphatic heterocycles. The van der Waals surface area contributed by atoms with Gasteiger partial charge in [-0.3, -0.25) is 0 Å². The Hall–Kier alpha value is -3.12. The Bertz CT molecular complexity index is 850. The lowest BCUT2D eigenvalue weighted by Crippen LogP contribution is -1.85. The molecule has 0 nitrogen and oxygen atoms in total. The van der Waals surface area contributed by atoms with Gasteiger partial charge in [0, 0.05) is 0 Å². The van der Waals surface area contributed by atoms with E-state index in [9.17, 15) is 0 Å². The Labute approximate surface area is 209 Å². The van der Waals surface area contributed by atoms with Gasteiger partial charge in [-0.05, 0) is 46.1 Å². The summed E-state index contributed by atoms with van der Waals surface area (Å²) in [4.78, 5) is 0. The average molecular weight is 453 g/mol. The Morgan fingerprint density at radius 1 is 0.382 bits per heavy atom. The van der Waals surface area contributed by atoms with Gasteiger partial charge in [0.15, 0.2) is 0 Å². The summed E-state index contributed by atoms with van der Waals surface area (Å²) >= 11 is 0. The first-order valence-electron chi connectivity index (χ1n) is 12.6. The summed E-state index contributed by atoms with van der Waals surface area (Å²) in [5, 5.41) is 0. The molecule has 0 atom stereocenters. The van der Waals surface area contributed by atoms with Crippen LogP contribution in [0.2, 0.25) is 0 Å². The minimum atomic E-state index is 1.25. The van der Waals surface area contributed by atoms with Gasteiger partial charge in [-0.1, -0.05) is 164 Å². The van der Waals surface area contributed by atoms with E-state index in [1.54, 1.807) is 0 Å².